The van der Waals surface area contributed by atoms with Crippen LogP contribution in [0.15, 0.2) is 22.7 Å². The van der Waals surface area contributed by atoms with Crippen LogP contribution in [0.5, 0.6) is 0 Å². The fraction of sp³-hybridized carbons (Fsp3) is 0.429. The molecule has 2 unspecified atom stereocenters. The van der Waals surface area contributed by atoms with E-state index in [9.17, 15) is 4.39 Å². The molecule has 6 heteroatoms. The van der Waals surface area contributed by atoms with Crippen molar-refractivity contribution in [2.24, 2.45) is 5.73 Å². The van der Waals surface area contributed by atoms with Crippen molar-refractivity contribution in [3.05, 3.63) is 34.9 Å². The molecule has 4 nitrogen and oxygen atoms in total. The average molecular weight is 296 g/mol. The van der Waals surface area contributed by atoms with Crippen LogP contribution in [0.3, 0.4) is 0 Å². The fourth-order valence-electron chi connectivity index (χ4n) is 2.67. The van der Waals surface area contributed by atoms with Gasteiger partial charge in [0.15, 0.2) is 0 Å². The number of aromatic nitrogens is 2. The third kappa shape index (κ3) is 2.11. The predicted octanol–water partition coefficient (Wildman–Crippen LogP) is 3.30. The topological polar surface area (TPSA) is 64.9 Å². The summed E-state index contributed by atoms with van der Waals surface area (Å²) in [6.07, 6.45) is 2.94. The highest BCUT2D eigenvalue weighted by Crippen LogP contribution is 2.39. The zero-order valence-electron chi connectivity index (χ0n) is 11.1. The van der Waals surface area contributed by atoms with Gasteiger partial charge in [0.1, 0.15) is 5.82 Å². The highest BCUT2D eigenvalue weighted by molar-refractivity contribution is 6.31. The SMILES string of the molecule is CC1(c2nc(-c3ccc(F)c(Cl)c3)no2)CCCC1N. The number of rotatable bonds is 2. The summed E-state index contributed by atoms with van der Waals surface area (Å²) in [5, 5.41) is 4.00. The first-order chi connectivity index (χ1) is 9.50. The molecule has 2 atom stereocenters. The predicted molar refractivity (Wildman–Crippen MR) is 73.9 cm³/mol. The molecule has 2 N–H and O–H groups in total. The van der Waals surface area contributed by atoms with Gasteiger partial charge in [0, 0.05) is 11.6 Å². The summed E-state index contributed by atoms with van der Waals surface area (Å²) in [5.41, 5.74) is 6.48. The summed E-state index contributed by atoms with van der Waals surface area (Å²) < 4.78 is 18.5. The van der Waals surface area contributed by atoms with Gasteiger partial charge in [0.25, 0.3) is 0 Å². The number of halogens is 2. The minimum absolute atomic E-state index is 0.0209. The van der Waals surface area contributed by atoms with Crippen molar-refractivity contribution in [1.29, 1.82) is 0 Å². The Morgan fingerprint density at radius 2 is 2.30 bits per heavy atom. The lowest BCUT2D eigenvalue weighted by Gasteiger charge is -2.23. The third-order valence-corrected chi connectivity index (χ3v) is 4.41. The number of benzene rings is 1. The molecule has 20 heavy (non-hydrogen) atoms. The van der Waals surface area contributed by atoms with E-state index in [1.54, 1.807) is 6.07 Å². The van der Waals surface area contributed by atoms with Gasteiger partial charge < -0.3 is 10.3 Å². The van der Waals surface area contributed by atoms with E-state index in [-0.39, 0.29) is 16.5 Å². The number of nitrogens with zero attached hydrogens (tertiary/aromatic N) is 2. The summed E-state index contributed by atoms with van der Waals surface area (Å²) in [7, 11) is 0. The lowest BCUT2D eigenvalue weighted by Crippen LogP contribution is -2.38. The third-order valence-electron chi connectivity index (χ3n) is 4.12. The molecule has 0 aliphatic heterocycles. The summed E-state index contributed by atoms with van der Waals surface area (Å²) in [6, 6.07) is 4.37. The van der Waals surface area contributed by atoms with E-state index < -0.39 is 5.82 Å². The van der Waals surface area contributed by atoms with Gasteiger partial charge in [0.05, 0.1) is 10.4 Å². The molecule has 1 aliphatic rings. The van der Waals surface area contributed by atoms with E-state index in [1.165, 1.54) is 12.1 Å². The Hall–Kier alpha value is -1.46. The van der Waals surface area contributed by atoms with Gasteiger partial charge in [-0.1, -0.05) is 23.2 Å². The second-order valence-corrected chi connectivity index (χ2v) is 5.88. The Balaban J connectivity index is 1.96. The molecule has 0 radical (unpaired) electrons. The van der Waals surface area contributed by atoms with Crippen LogP contribution in [0.2, 0.25) is 5.02 Å². The van der Waals surface area contributed by atoms with Gasteiger partial charge >= 0.3 is 0 Å². The minimum Gasteiger partial charge on any atom is -0.338 e. The van der Waals surface area contributed by atoms with E-state index in [0.717, 1.165) is 19.3 Å². The molecule has 1 aromatic heterocycles. The summed E-state index contributed by atoms with van der Waals surface area (Å²) in [6.45, 7) is 2.04. The van der Waals surface area contributed by atoms with Crippen LogP contribution >= 0.6 is 11.6 Å². The van der Waals surface area contributed by atoms with Gasteiger partial charge in [-0.3, -0.25) is 0 Å². The number of hydrogen-bond donors (Lipinski definition) is 1. The van der Waals surface area contributed by atoms with Crippen molar-refractivity contribution >= 4 is 11.6 Å². The number of nitrogens with two attached hydrogens (primary N) is 1. The van der Waals surface area contributed by atoms with Crippen LogP contribution in [-0.4, -0.2) is 16.2 Å². The Kier molecular flexibility index (Phi) is 3.26. The normalized spacial score (nSPS) is 26.1. The first-order valence-electron chi connectivity index (χ1n) is 6.56. The maximum Gasteiger partial charge on any atom is 0.234 e. The summed E-state index contributed by atoms with van der Waals surface area (Å²) in [5.74, 6) is 0.476. The smallest absolute Gasteiger partial charge is 0.234 e. The average Bonchev–Trinajstić information content (AvgIpc) is 3.02. The van der Waals surface area contributed by atoms with Gasteiger partial charge in [-0.05, 0) is 38.0 Å². The second-order valence-electron chi connectivity index (χ2n) is 5.47. The quantitative estimate of drug-likeness (QED) is 0.923. The molecular formula is C14H15ClFN3O. The van der Waals surface area contributed by atoms with Crippen LogP contribution in [0.4, 0.5) is 4.39 Å². The molecule has 3 rings (SSSR count). The Morgan fingerprint density at radius 3 is 2.95 bits per heavy atom. The molecule has 1 heterocycles. The maximum atomic E-state index is 13.2. The van der Waals surface area contributed by atoms with Crippen LogP contribution in [0.1, 0.15) is 32.1 Å². The fourth-order valence-corrected chi connectivity index (χ4v) is 2.85. The number of hydrogen-bond acceptors (Lipinski definition) is 4. The Morgan fingerprint density at radius 1 is 1.50 bits per heavy atom. The highest BCUT2D eigenvalue weighted by atomic mass is 35.5. The Labute approximate surface area is 121 Å². The molecule has 0 bridgehead atoms. The van der Waals surface area contributed by atoms with Gasteiger partial charge in [-0.15, -0.1) is 0 Å². The van der Waals surface area contributed by atoms with Crippen LogP contribution in [0, 0.1) is 5.82 Å². The zero-order valence-corrected chi connectivity index (χ0v) is 11.8. The second kappa shape index (κ2) is 4.82. The largest absolute Gasteiger partial charge is 0.338 e. The summed E-state index contributed by atoms with van der Waals surface area (Å²) >= 11 is 5.77. The first kappa shape index (κ1) is 13.5. The molecule has 106 valence electrons. The molecular weight excluding hydrogens is 281 g/mol. The van der Waals surface area contributed by atoms with Crippen molar-refractivity contribution in [2.75, 3.05) is 0 Å². The van der Waals surface area contributed by atoms with Gasteiger partial charge in [-0.25, -0.2) is 4.39 Å². The molecule has 0 spiro atoms. The summed E-state index contributed by atoms with van der Waals surface area (Å²) in [4.78, 5) is 4.42. The van der Waals surface area contributed by atoms with E-state index in [0.29, 0.717) is 17.3 Å². The first-order valence-corrected chi connectivity index (χ1v) is 6.94. The molecule has 2 aromatic rings. The van der Waals surface area contributed by atoms with Gasteiger partial charge in [0.2, 0.25) is 11.7 Å². The lowest BCUT2D eigenvalue weighted by atomic mass is 9.85. The van der Waals surface area contributed by atoms with Crippen molar-refractivity contribution in [1.82, 2.24) is 10.1 Å². The molecule has 1 aliphatic carbocycles. The lowest BCUT2D eigenvalue weighted by molar-refractivity contribution is 0.278. The Bertz CT molecular complexity index is 645. The molecule has 0 amide bonds. The molecule has 0 saturated heterocycles. The molecule has 1 saturated carbocycles. The zero-order chi connectivity index (χ0) is 14.3. The standard InChI is InChI=1S/C14H15ClFN3O/c1-14(6-2-3-11(14)17)13-18-12(19-20-13)8-4-5-10(16)9(15)7-8/h4-5,7,11H,2-3,6,17H2,1H3. The van der Waals surface area contributed by atoms with E-state index in [1.807, 2.05) is 6.92 Å². The highest BCUT2D eigenvalue weighted by Gasteiger charge is 2.42. The molecule has 1 fully saturated rings. The van der Waals surface area contributed by atoms with E-state index in [4.69, 9.17) is 21.9 Å². The monoisotopic (exact) mass is 295 g/mol. The van der Waals surface area contributed by atoms with Crippen molar-refractivity contribution < 1.29 is 8.91 Å². The minimum atomic E-state index is -0.469. The van der Waals surface area contributed by atoms with E-state index in [2.05, 4.69) is 10.1 Å². The maximum absolute atomic E-state index is 13.2. The van der Waals surface area contributed by atoms with Crippen LogP contribution < -0.4 is 5.73 Å². The van der Waals surface area contributed by atoms with E-state index >= 15 is 0 Å². The molecule has 1 aromatic carbocycles. The van der Waals surface area contributed by atoms with Crippen molar-refractivity contribution in [3.63, 3.8) is 0 Å². The van der Waals surface area contributed by atoms with Crippen molar-refractivity contribution in [2.45, 2.75) is 37.6 Å². The van der Waals surface area contributed by atoms with Crippen LogP contribution in [-0.2, 0) is 5.41 Å². The van der Waals surface area contributed by atoms with Gasteiger partial charge in [-0.2, -0.15) is 4.98 Å². The van der Waals surface area contributed by atoms with Crippen LogP contribution in [0.25, 0.3) is 11.4 Å². The van der Waals surface area contributed by atoms with Crippen molar-refractivity contribution in [3.8, 4) is 11.4 Å².